The lowest BCUT2D eigenvalue weighted by Gasteiger charge is -2.41. The molecular weight excluding hydrogens is 324 g/mol. The molecule has 2 amide bonds. The summed E-state index contributed by atoms with van der Waals surface area (Å²) in [6.07, 6.45) is 3.37. The van der Waals surface area contributed by atoms with E-state index in [9.17, 15) is 9.59 Å². The van der Waals surface area contributed by atoms with E-state index >= 15 is 0 Å². The smallest absolute Gasteiger partial charge is 0.254 e. The Morgan fingerprint density at radius 2 is 1.73 bits per heavy atom. The molecule has 1 fully saturated rings. The Labute approximate surface area is 154 Å². The van der Waals surface area contributed by atoms with Crippen LogP contribution in [0.4, 0.5) is 0 Å². The SMILES string of the molecule is CC(=O)N1CCN(C(=O)c2ccc3c(c2)CCC3)CC1c1ccccc1. The van der Waals surface area contributed by atoms with Crippen LogP contribution in [0.3, 0.4) is 0 Å². The second kappa shape index (κ2) is 6.94. The topological polar surface area (TPSA) is 40.6 Å². The lowest BCUT2D eigenvalue weighted by atomic mass is 10.0. The minimum absolute atomic E-state index is 0.0588. The van der Waals surface area contributed by atoms with E-state index in [-0.39, 0.29) is 17.9 Å². The molecule has 1 atom stereocenters. The fourth-order valence-electron chi connectivity index (χ4n) is 4.19. The molecule has 4 nitrogen and oxygen atoms in total. The third-order valence-corrected chi connectivity index (χ3v) is 5.60. The number of fused-ring (bicyclic) bond motifs is 1. The summed E-state index contributed by atoms with van der Waals surface area (Å²) in [7, 11) is 0. The van der Waals surface area contributed by atoms with Crippen molar-refractivity contribution in [3.05, 3.63) is 70.8 Å². The summed E-state index contributed by atoms with van der Waals surface area (Å²) in [6.45, 7) is 3.30. The Morgan fingerprint density at radius 3 is 2.50 bits per heavy atom. The first-order valence-corrected chi connectivity index (χ1v) is 9.37. The number of benzene rings is 2. The highest BCUT2D eigenvalue weighted by atomic mass is 16.2. The van der Waals surface area contributed by atoms with Gasteiger partial charge in [-0.2, -0.15) is 0 Å². The Bertz CT molecular complexity index is 831. The summed E-state index contributed by atoms with van der Waals surface area (Å²) in [5.74, 6) is 0.132. The van der Waals surface area contributed by atoms with Crippen LogP contribution in [-0.2, 0) is 17.6 Å². The zero-order chi connectivity index (χ0) is 18.1. The maximum absolute atomic E-state index is 13.1. The predicted molar refractivity (Wildman–Crippen MR) is 101 cm³/mol. The van der Waals surface area contributed by atoms with Gasteiger partial charge in [0.15, 0.2) is 0 Å². The molecule has 0 saturated carbocycles. The summed E-state index contributed by atoms with van der Waals surface area (Å²) in [5, 5.41) is 0. The van der Waals surface area contributed by atoms with Gasteiger partial charge in [-0.05, 0) is 48.1 Å². The lowest BCUT2D eigenvalue weighted by Crippen LogP contribution is -2.51. The van der Waals surface area contributed by atoms with Crippen molar-refractivity contribution in [3.8, 4) is 0 Å². The van der Waals surface area contributed by atoms with Gasteiger partial charge in [0.05, 0.1) is 6.04 Å². The predicted octanol–water partition coefficient (Wildman–Crippen LogP) is 3.22. The van der Waals surface area contributed by atoms with Gasteiger partial charge in [0.1, 0.15) is 0 Å². The molecule has 0 N–H and O–H groups in total. The van der Waals surface area contributed by atoms with Crippen molar-refractivity contribution in [3.63, 3.8) is 0 Å². The van der Waals surface area contributed by atoms with Gasteiger partial charge in [0.25, 0.3) is 5.91 Å². The number of amides is 2. The van der Waals surface area contributed by atoms with Gasteiger partial charge in [-0.3, -0.25) is 9.59 Å². The molecule has 1 aliphatic heterocycles. The van der Waals surface area contributed by atoms with Crippen LogP contribution >= 0.6 is 0 Å². The zero-order valence-electron chi connectivity index (χ0n) is 15.1. The minimum atomic E-state index is -0.0826. The van der Waals surface area contributed by atoms with Crippen molar-refractivity contribution in [1.29, 1.82) is 0 Å². The highest BCUT2D eigenvalue weighted by Crippen LogP contribution is 2.28. The summed E-state index contributed by atoms with van der Waals surface area (Å²) in [4.78, 5) is 28.9. The van der Waals surface area contributed by atoms with Gasteiger partial charge < -0.3 is 9.80 Å². The monoisotopic (exact) mass is 348 g/mol. The van der Waals surface area contributed by atoms with Crippen LogP contribution < -0.4 is 0 Å². The largest absolute Gasteiger partial charge is 0.334 e. The van der Waals surface area contributed by atoms with E-state index in [0.717, 1.165) is 24.0 Å². The Kier molecular flexibility index (Phi) is 4.49. The van der Waals surface area contributed by atoms with E-state index in [0.29, 0.717) is 19.6 Å². The first-order valence-electron chi connectivity index (χ1n) is 9.37. The molecule has 1 unspecified atom stereocenters. The Morgan fingerprint density at radius 1 is 0.962 bits per heavy atom. The van der Waals surface area contributed by atoms with E-state index < -0.39 is 0 Å². The fraction of sp³-hybridized carbons (Fsp3) is 0.364. The molecule has 26 heavy (non-hydrogen) atoms. The second-order valence-corrected chi connectivity index (χ2v) is 7.23. The van der Waals surface area contributed by atoms with Gasteiger partial charge in [-0.15, -0.1) is 0 Å². The molecule has 0 bridgehead atoms. The van der Waals surface area contributed by atoms with Crippen LogP contribution in [-0.4, -0.2) is 41.2 Å². The molecule has 4 heteroatoms. The molecule has 4 rings (SSSR count). The molecule has 2 aromatic rings. The number of nitrogens with zero attached hydrogens (tertiary/aromatic N) is 2. The van der Waals surface area contributed by atoms with Crippen molar-refractivity contribution in [2.24, 2.45) is 0 Å². The molecule has 134 valence electrons. The number of carbonyl (C=O) groups excluding carboxylic acids is 2. The van der Waals surface area contributed by atoms with Crippen LogP contribution in [0.2, 0.25) is 0 Å². The number of hydrogen-bond donors (Lipinski definition) is 0. The number of aryl methyl sites for hydroxylation is 2. The van der Waals surface area contributed by atoms with Crippen LogP contribution in [0.1, 0.15) is 46.4 Å². The van der Waals surface area contributed by atoms with E-state index in [4.69, 9.17) is 0 Å². The van der Waals surface area contributed by atoms with Crippen LogP contribution in [0.5, 0.6) is 0 Å². The number of piperazine rings is 1. The highest BCUT2D eigenvalue weighted by molar-refractivity contribution is 5.94. The molecule has 1 saturated heterocycles. The van der Waals surface area contributed by atoms with Gasteiger partial charge >= 0.3 is 0 Å². The molecule has 2 aromatic carbocycles. The number of hydrogen-bond acceptors (Lipinski definition) is 2. The van der Waals surface area contributed by atoms with E-state index in [2.05, 4.69) is 12.1 Å². The third-order valence-electron chi connectivity index (χ3n) is 5.60. The quantitative estimate of drug-likeness (QED) is 0.836. The average molecular weight is 348 g/mol. The zero-order valence-corrected chi connectivity index (χ0v) is 15.1. The number of carbonyl (C=O) groups is 2. The molecule has 1 heterocycles. The van der Waals surface area contributed by atoms with Crippen molar-refractivity contribution in [2.75, 3.05) is 19.6 Å². The van der Waals surface area contributed by atoms with Gasteiger partial charge in [0, 0.05) is 32.1 Å². The van der Waals surface area contributed by atoms with Crippen LogP contribution in [0.25, 0.3) is 0 Å². The van der Waals surface area contributed by atoms with Crippen molar-refractivity contribution in [2.45, 2.75) is 32.2 Å². The van der Waals surface area contributed by atoms with Gasteiger partial charge in [0.2, 0.25) is 5.91 Å². The Balaban J connectivity index is 1.58. The summed E-state index contributed by atoms with van der Waals surface area (Å²) in [5.41, 5.74) is 4.55. The minimum Gasteiger partial charge on any atom is -0.334 e. The van der Waals surface area contributed by atoms with Gasteiger partial charge in [-0.25, -0.2) is 0 Å². The summed E-state index contributed by atoms with van der Waals surface area (Å²) >= 11 is 0. The van der Waals surface area contributed by atoms with Crippen molar-refractivity contribution in [1.82, 2.24) is 9.80 Å². The summed E-state index contributed by atoms with van der Waals surface area (Å²) < 4.78 is 0. The van der Waals surface area contributed by atoms with Crippen molar-refractivity contribution >= 4 is 11.8 Å². The first kappa shape index (κ1) is 16.8. The normalized spacial score (nSPS) is 19.3. The Hall–Kier alpha value is -2.62. The van der Waals surface area contributed by atoms with Gasteiger partial charge in [-0.1, -0.05) is 36.4 Å². The van der Waals surface area contributed by atoms with E-state index in [1.807, 2.05) is 46.2 Å². The molecular formula is C22H24N2O2. The maximum atomic E-state index is 13.1. The van der Waals surface area contributed by atoms with Crippen LogP contribution in [0.15, 0.2) is 48.5 Å². The van der Waals surface area contributed by atoms with E-state index in [1.165, 1.54) is 17.5 Å². The fourth-order valence-corrected chi connectivity index (χ4v) is 4.19. The molecule has 0 spiro atoms. The summed E-state index contributed by atoms with van der Waals surface area (Å²) in [6, 6.07) is 16.0. The number of rotatable bonds is 2. The van der Waals surface area contributed by atoms with Crippen molar-refractivity contribution < 1.29 is 9.59 Å². The standard InChI is InChI=1S/C22H24N2O2/c1-16(25)24-13-12-23(15-21(24)18-6-3-2-4-7-18)22(26)20-11-10-17-8-5-9-19(17)14-20/h2-4,6-7,10-11,14,21H,5,8-9,12-13,15H2,1H3. The highest BCUT2D eigenvalue weighted by Gasteiger charge is 2.32. The molecule has 1 aliphatic carbocycles. The van der Waals surface area contributed by atoms with E-state index in [1.54, 1.807) is 6.92 Å². The first-order chi connectivity index (χ1) is 12.6. The van der Waals surface area contributed by atoms with Crippen LogP contribution in [0, 0.1) is 0 Å². The molecule has 0 aromatic heterocycles. The lowest BCUT2D eigenvalue weighted by molar-refractivity contribution is -0.133. The average Bonchev–Trinajstić information content (AvgIpc) is 3.15. The second-order valence-electron chi connectivity index (χ2n) is 7.23. The third kappa shape index (κ3) is 3.12. The maximum Gasteiger partial charge on any atom is 0.254 e. The molecule has 2 aliphatic rings. The molecule has 0 radical (unpaired) electrons.